The van der Waals surface area contributed by atoms with Crippen molar-refractivity contribution in [2.24, 2.45) is 0 Å². The number of H-pyrrole nitrogens is 4. The molecule has 0 saturated heterocycles. The lowest BCUT2D eigenvalue weighted by molar-refractivity contribution is -0.311. The molecule has 0 aliphatic heterocycles. The van der Waals surface area contributed by atoms with Crippen LogP contribution in [0.5, 0.6) is 0 Å². The fourth-order valence-electron chi connectivity index (χ4n) is 8.56. The van der Waals surface area contributed by atoms with Gasteiger partial charge in [0.25, 0.3) is 0 Å². The summed E-state index contributed by atoms with van der Waals surface area (Å²) in [7, 11) is -2.11. The zero-order chi connectivity index (χ0) is 36.4. The SMILES string of the molecule is Cc1cc2[nH+]c3ccc4[nH]c5ccccc5c4c3nc2c(-c2ccccc2[P+](=O)c2c(C)c(C)cc3[nH+]c4ccc5[nH]c6ccccc6c5c4nc23)c1C. The van der Waals surface area contributed by atoms with Crippen LogP contribution >= 0.6 is 7.80 Å². The lowest BCUT2D eigenvalue weighted by Crippen LogP contribution is -2.19. The molecule has 0 fully saturated rings. The first-order chi connectivity index (χ1) is 26.3. The Hall–Kier alpha value is -6.56. The maximum absolute atomic E-state index is 15.5. The first kappa shape index (κ1) is 31.0. The van der Waals surface area contributed by atoms with Gasteiger partial charge in [-0.3, -0.25) is 0 Å². The van der Waals surface area contributed by atoms with Crippen LogP contribution in [-0.4, -0.2) is 19.9 Å². The van der Waals surface area contributed by atoms with Crippen molar-refractivity contribution in [3.8, 4) is 11.1 Å². The van der Waals surface area contributed by atoms with Crippen LogP contribution in [-0.2, 0) is 4.57 Å². The summed E-state index contributed by atoms with van der Waals surface area (Å²) in [6.45, 7) is 8.44. The van der Waals surface area contributed by atoms with Crippen LogP contribution in [0.4, 0.5) is 0 Å². The summed E-state index contributed by atoms with van der Waals surface area (Å²) in [5.41, 5.74) is 17.4. The molecule has 8 heteroatoms. The summed E-state index contributed by atoms with van der Waals surface area (Å²) < 4.78 is 15.5. The summed E-state index contributed by atoms with van der Waals surface area (Å²) in [5, 5.41) is 5.91. The first-order valence-corrected chi connectivity index (χ1v) is 19.5. The molecule has 7 nitrogen and oxygen atoms in total. The second kappa shape index (κ2) is 11.2. The van der Waals surface area contributed by atoms with E-state index >= 15 is 4.57 Å². The van der Waals surface area contributed by atoms with E-state index in [9.17, 15) is 0 Å². The van der Waals surface area contributed by atoms with Gasteiger partial charge in [0.15, 0.2) is 5.52 Å². The fraction of sp³-hybridized carbons (Fsp3) is 0.0870. The number of aryl methyl sites for hydroxylation is 2. The number of nitrogens with one attached hydrogen (secondary N) is 4. The van der Waals surface area contributed by atoms with Crippen LogP contribution in [0.1, 0.15) is 22.3 Å². The zero-order valence-corrected chi connectivity index (χ0v) is 31.0. The van der Waals surface area contributed by atoms with Gasteiger partial charge in [0.1, 0.15) is 16.6 Å². The molecule has 11 rings (SSSR count). The summed E-state index contributed by atoms with van der Waals surface area (Å²) in [4.78, 5) is 25.4. The maximum atomic E-state index is 15.5. The minimum Gasteiger partial charge on any atom is -0.354 e. The van der Waals surface area contributed by atoms with Gasteiger partial charge in [-0.25, -0.2) is 19.9 Å². The highest BCUT2D eigenvalue weighted by atomic mass is 31.1. The minimum absolute atomic E-state index is 0.726. The molecule has 0 saturated carbocycles. The van der Waals surface area contributed by atoms with Crippen LogP contribution in [0.3, 0.4) is 0 Å². The van der Waals surface area contributed by atoms with Crippen molar-refractivity contribution in [1.82, 2.24) is 19.9 Å². The number of benzene rings is 7. The van der Waals surface area contributed by atoms with Gasteiger partial charge in [-0.2, -0.15) is 0 Å². The Morgan fingerprint density at radius 2 is 1.04 bits per heavy atom. The third-order valence-corrected chi connectivity index (χ3v) is 13.3. The van der Waals surface area contributed by atoms with Crippen molar-refractivity contribution in [2.45, 2.75) is 27.7 Å². The van der Waals surface area contributed by atoms with E-state index in [1.54, 1.807) is 0 Å². The monoisotopic (exact) mass is 717 g/mol. The molecule has 1 unspecified atom stereocenters. The predicted octanol–water partition coefficient (Wildman–Crippen LogP) is 9.67. The lowest BCUT2D eigenvalue weighted by Gasteiger charge is -2.12. The Morgan fingerprint density at radius 1 is 0.519 bits per heavy atom. The highest BCUT2D eigenvalue weighted by molar-refractivity contribution is 7.62. The maximum Gasteiger partial charge on any atom is 0.418 e. The van der Waals surface area contributed by atoms with Gasteiger partial charge in [-0.1, -0.05) is 53.1 Å². The zero-order valence-electron chi connectivity index (χ0n) is 30.1. The molecule has 11 aromatic rings. The van der Waals surface area contributed by atoms with E-state index in [2.05, 4.69) is 133 Å². The van der Waals surface area contributed by atoms with E-state index in [4.69, 9.17) is 9.97 Å². The van der Waals surface area contributed by atoms with E-state index in [-0.39, 0.29) is 0 Å². The van der Waals surface area contributed by atoms with Crippen LogP contribution < -0.4 is 20.6 Å². The second-order valence-electron chi connectivity index (χ2n) is 14.5. The molecule has 0 aliphatic carbocycles. The predicted molar refractivity (Wildman–Crippen MR) is 222 cm³/mol. The van der Waals surface area contributed by atoms with Gasteiger partial charge < -0.3 is 9.97 Å². The van der Waals surface area contributed by atoms with Crippen molar-refractivity contribution < 1.29 is 14.5 Å². The third-order valence-electron chi connectivity index (χ3n) is 11.5. The van der Waals surface area contributed by atoms with Crippen LogP contribution in [0.25, 0.3) is 98.9 Å². The molecular formula is C46H34N6OP+3. The molecule has 7 aromatic carbocycles. The molecule has 0 radical (unpaired) electrons. The smallest absolute Gasteiger partial charge is 0.354 e. The van der Waals surface area contributed by atoms with Gasteiger partial charge >= 0.3 is 7.80 Å². The van der Waals surface area contributed by atoms with Gasteiger partial charge in [0.2, 0.25) is 32.7 Å². The number of hydrogen-bond donors (Lipinski definition) is 2. The van der Waals surface area contributed by atoms with E-state index in [0.717, 1.165) is 132 Å². The summed E-state index contributed by atoms with van der Waals surface area (Å²) in [6.07, 6.45) is 0. The minimum atomic E-state index is -2.11. The number of fused-ring (bicyclic) bond motifs is 12. The largest absolute Gasteiger partial charge is 0.418 e. The topological polar surface area (TPSA) is 103 Å². The second-order valence-corrected chi connectivity index (χ2v) is 16.1. The van der Waals surface area contributed by atoms with Gasteiger partial charge in [-0.15, -0.1) is 0 Å². The summed E-state index contributed by atoms with van der Waals surface area (Å²) >= 11 is 0. The normalized spacial score (nSPS) is 12.5. The van der Waals surface area contributed by atoms with Crippen molar-refractivity contribution in [3.63, 3.8) is 0 Å². The lowest BCUT2D eigenvalue weighted by atomic mass is 9.94. The molecule has 4 N–H and O–H groups in total. The number of hydrogen-bond acceptors (Lipinski definition) is 3. The number of aromatic amines is 4. The molecular weight excluding hydrogens is 684 g/mol. The third kappa shape index (κ3) is 4.30. The van der Waals surface area contributed by atoms with Gasteiger partial charge in [-0.05, 0) is 80.8 Å². The Labute approximate surface area is 309 Å². The highest BCUT2D eigenvalue weighted by Gasteiger charge is 2.36. The van der Waals surface area contributed by atoms with Crippen molar-refractivity contribution in [1.29, 1.82) is 0 Å². The fourth-order valence-corrected chi connectivity index (χ4v) is 10.3. The van der Waals surface area contributed by atoms with Crippen molar-refractivity contribution >= 4 is 106 Å². The quantitative estimate of drug-likeness (QED) is 0.141. The molecule has 0 amide bonds. The average Bonchev–Trinajstić information content (AvgIpc) is 3.77. The van der Waals surface area contributed by atoms with Crippen molar-refractivity contribution in [2.75, 3.05) is 0 Å². The standard InChI is InChI=1S/C46H32N6OP/c1-23-21-36-44(51-42-34(49-36)19-17-32-40(42)27-11-5-8-14-30(27)47-32)39(25(23)3)29-13-7-10-16-38(29)54(53)46-26(4)24(2)22-37-45(46)52-43-35(50-37)20-18-33-41(43)28-12-6-9-15-31(28)48-33/h5-22,47-48H,1-4H3/q+1/p+2. The number of rotatable bonds is 3. The molecule has 0 bridgehead atoms. The average molecular weight is 718 g/mol. The van der Waals surface area contributed by atoms with Crippen molar-refractivity contribution in [3.05, 3.63) is 131 Å². The van der Waals surface area contributed by atoms with Crippen LogP contribution in [0, 0.1) is 27.7 Å². The summed E-state index contributed by atoms with van der Waals surface area (Å²) in [5.74, 6) is 0. The van der Waals surface area contributed by atoms with Crippen LogP contribution in [0.2, 0.25) is 0 Å². The molecule has 4 heterocycles. The molecule has 1 atom stereocenters. The van der Waals surface area contributed by atoms with E-state index in [1.807, 2.05) is 24.3 Å². The Kier molecular flexibility index (Phi) is 6.44. The van der Waals surface area contributed by atoms with E-state index < -0.39 is 7.80 Å². The molecule has 4 aromatic heterocycles. The van der Waals surface area contributed by atoms with E-state index in [1.165, 1.54) is 0 Å². The Balaban J connectivity index is 1.18. The van der Waals surface area contributed by atoms with Gasteiger partial charge in [0.05, 0.1) is 0 Å². The van der Waals surface area contributed by atoms with Gasteiger partial charge in [0, 0.05) is 84.6 Å². The Morgan fingerprint density at radius 3 is 1.67 bits per heavy atom. The molecule has 256 valence electrons. The van der Waals surface area contributed by atoms with Crippen LogP contribution in [0.15, 0.2) is 109 Å². The molecule has 54 heavy (non-hydrogen) atoms. The number of aromatic nitrogens is 6. The first-order valence-electron chi connectivity index (χ1n) is 18.2. The molecule has 0 aliphatic rings. The van der Waals surface area contributed by atoms with E-state index in [0.29, 0.717) is 0 Å². The number of para-hydroxylation sites is 2. The molecule has 0 spiro atoms. The highest BCUT2D eigenvalue weighted by Crippen LogP contribution is 2.39. The Bertz CT molecular complexity index is 3470. The summed E-state index contributed by atoms with van der Waals surface area (Å²) in [6, 6.07) is 37.5. The number of nitrogens with zero attached hydrogens (tertiary/aromatic N) is 2.